The largest absolute Gasteiger partial charge is 0.483 e. The molecule has 1 amide bonds. The maximum atomic E-state index is 11.8. The van der Waals surface area contributed by atoms with Gasteiger partial charge in [-0.1, -0.05) is 23.2 Å². The highest BCUT2D eigenvalue weighted by Crippen LogP contribution is 2.23. The molecule has 0 bridgehead atoms. The van der Waals surface area contributed by atoms with Gasteiger partial charge in [0.05, 0.1) is 5.56 Å². The molecule has 0 heterocycles. The molecule has 0 spiro atoms. The maximum absolute atomic E-state index is 11.8. The Balaban J connectivity index is 1.99. The molecule has 2 aromatic rings. The Morgan fingerprint density at radius 3 is 2.32 bits per heavy atom. The smallest absolute Gasteiger partial charge is 0.262 e. The summed E-state index contributed by atoms with van der Waals surface area (Å²) in [4.78, 5) is 23.4. The van der Waals surface area contributed by atoms with Crippen molar-refractivity contribution in [3.8, 4) is 5.75 Å². The van der Waals surface area contributed by atoms with Crippen LogP contribution in [0.3, 0.4) is 0 Å². The second kappa shape index (κ2) is 7.29. The van der Waals surface area contributed by atoms with Crippen molar-refractivity contribution in [1.29, 1.82) is 0 Å². The average molecular weight is 338 g/mol. The van der Waals surface area contributed by atoms with Crippen LogP contribution in [-0.2, 0) is 4.79 Å². The fraction of sp³-hybridized carbons (Fsp3) is 0.125. The van der Waals surface area contributed by atoms with E-state index >= 15 is 0 Å². The van der Waals surface area contributed by atoms with Gasteiger partial charge in [0.15, 0.2) is 12.4 Å². The number of Topliss-reactive ketones (excluding diaryl/α,β-unsaturated/α-hetero) is 1. The number of anilines is 1. The standard InChI is InChI=1S/C16H13Cl2NO3/c1-10(20)14-8-12(18)4-7-15(14)22-9-16(21)19-13-5-2-11(17)3-6-13/h2-8H,9H2,1H3,(H,19,21). The lowest BCUT2D eigenvalue weighted by molar-refractivity contribution is -0.118. The molecule has 114 valence electrons. The van der Waals surface area contributed by atoms with Crippen LogP contribution in [0.25, 0.3) is 0 Å². The molecule has 0 saturated heterocycles. The van der Waals surface area contributed by atoms with E-state index in [4.69, 9.17) is 27.9 Å². The minimum absolute atomic E-state index is 0.185. The molecule has 0 atom stereocenters. The van der Waals surface area contributed by atoms with E-state index in [0.717, 1.165) is 0 Å². The number of ketones is 1. The van der Waals surface area contributed by atoms with Crippen LogP contribution in [-0.4, -0.2) is 18.3 Å². The van der Waals surface area contributed by atoms with Crippen LogP contribution >= 0.6 is 23.2 Å². The molecule has 0 radical (unpaired) electrons. The molecule has 2 rings (SSSR count). The van der Waals surface area contributed by atoms with E-state index in [2.05, 4.69) is 5.32 Å². The zero-order valence-electron chi connectivity index (χ0n) is 11.7. The number of nitrogens with one attached hydrogen (secondary N) is 1. The fourth-order valence-electron chi connectivity index (χ4n) is 1.78. The van der Waals surface area contributed by atoms with Crippen LogP contribution in [0, 0.1) is 0 Å². The summed E-state index contributed by atoms with van der Waals surface area (Å²) >= 11 is 11.6. The van der Waals surface area contributed by atoms with Crippen LogP contribution in [0.1, 0.15) is 17.3 Å². The van der Waals surface area contributed by atoms with Crippen molar-refractivity contribution >= 4 is 40.6 Å². The number of hydrogen-bond acceptors (Lipinski definition) is 3. The van der Waals surface area contributed by atoms with Gasteiger partial charge >= 0.3 is 0 Å². The summed E-state index contributed by atoms with van der Waals surface area (Å²) in [6.07, 6.45) is 0. The van der Waals surface area contributed by atoms with E-state index in [1.807, 2.05) is 0 Å². The van der Waals surface area contributed by atoms with Gasteiger partial charge in [-0.3, -0.25) is 9.59 Å². The first kappa shape index (κ1) is 16.3. The summed E-state index contributed by atoms with van der Waals surface area (Å²) in [5, 5.41) is 3.68. The number of amides is 1. The fourth-order valence-corrected chi connectivity index (χ4v) is 2.07. The van der Waals surface area contributed by atoms with E-state index < -0.39 is 0 Å². The first-order valence-electron chi connectivity index (χ1n) is 6.44. The van der Waals surface area contributed by atoms with Crippen molar-refractivity contribution < 1.29 is 14.3 Å². The first-order chi connectivity index (χ1) is 10.5. The highest BCUT2D eigenvalue weighted by molar-refractivity contribution is 6.31. The SMILES string of the molecule is CC(=O)c1cc(Cl)ccc1OCC(=O)Nc1ccc(Cl)cc1. The van der Waals surface area contributed by atoms with E-state index in [9.17, 15) is 9.59 Å². The van der Waals surface area contributed by atoms with Crippen molar-refractivity contribution in [3.05, 3.63) is 58.1 Å². The second-order valence-corrected chi connectivity index (χ2v) is 5.41. The molecule has 22 heavy (non-hydrogen) atoms. The van der Waals surface area contributed by atoms with Crippen LogP contribution in [0.4, 0.5) is 5.69 Å². The zero-order chi connectivity index (χ0) is 16.1. The van der Waals surface area contributed by atoms with Crippen molar-refractivity contribution in [2.45, 2.75) is 6.92 Å². The number of rotatable bonds is 5. The first-order valence-corrected chi connectivity index (χ1v) is 7.20. The van der Waals surface area contributed by atoms with Gasteiger partial charge in [-0.15, -0.1) is 0 Å². The highest BCUT2D eigenvalue weighted by Gasteiger charge is 2.11. The third kappa shape index (κ3) is 4.48. The molecule has 0 aliphatic heterocycles. The molecule has 0 fully saturated rings. The van der Waals surface area contributed by atoms with Crippen molar-refractivity contribution in [3.63, 3.8) is 0 Å². The van der Waals surface area contributed by atoms with Gasteiger partial charge < -0.3 is 10.1 Å². The van der Waals surface area contributed by atoms with Gasteiger partial charge in [-0.05, 0) is 49.4 Å². The number of ether oxygens (including phenoxy) is 1. The Kier molecular flexibility index (Phi) is 5.41. The minimum atomic E-state index is -0.341. The molecule has 1 N–H and O–H groups in total. The van der Waals surface area contributed by atoms with Crippen LogP contribution < -0.4 is 10.1 Å². The molecule has 6 heteroatoms. The Labute approximate surface area is 138 Å². The van der Waals surface area contributed by atoms with Gasteiger partial charge in [0.25, 0.3) is 5.91 Å². The summed E-state index contributed by atoms with van der Waals surface area (Å²) in [5.74, 6) is -0.203. The van der Waals surface area contributed by atoms with Crippen molar-refractivity contribution in [1.82, 2.24) is 0 Å². The van der Waals surface area contributed by atoms with E-state index in [-0.39, 0.29) is 18.3 Å². The number of halogens is 2. The maximum Gasteiger partial charge on any atom is 0.262 e. The molecule has 0 aliphatic rings. The average Bonchev–Trinajstić information content (AvgIpc) is 2.48. The van der Waals surface area contributed by atoms with Gasteiger partial charge in [-0.2, -0.15) is 0 Å². The summed E-state index contributed by atoms with van der Waals surface area (Å²) in [6.45, 7) is 1.19. The number of carbonyl (C=O) groups excluding carboxylic acids is 2. The monoisotopic (exact) mass is 337 g/mol. The number of hydrogen-bond donors (Lipinski definition) is 1. The van der Waals surface area contributed by atoms with E-state index in [0.29, 0.717) is 27.0 Å². The van der Waals surface area contributed by atoms with Gasteiger partial charge in [-0.25, -0.2) is 0 Å². The lowest BCUT2D eigenvalue weighted by atomic mass is 10.1. The van der Waals surface area contributed by atoms with E-state index in [1.165, 1.54) is 13.0 Å². The third-order valence-electron chi connectivity index (χ3n) is 2.81. The van der Waals surface area contributed by atoms with Crippen LogP contribution in [0.2, 0.25) is 10.0 Å². The molecule has 0 saturated carbocycles. The predicted molar refractivity (Wildman–Crippen MR) is 87.0 cm³/mol. The van der Waals surface area contributed by atoms with Crippen LogP contribution in [0.15, 0.2) is 42.5 Å². The topological polar surface area (TPSA) is 55.4 Å². The Morgan fingerprint density at radius 1 is 1.05 bits per heavy atom. The summed E-state index contributed by atoms with van der Waals surface area (Å²) in [5.41, 5.74) is 0.952. The molecular formula is C16H13Cl2NO3. The van der Waals surface area contributed by atoms with E-state index in [1.54, 1.807) is 36.4 Å². The van der Waals surface area contributed by atoms with Crippen molar-refractivity contribution in [2.24, 2.45) is 0 Å². The van der Waals surface area contributed by atoms with Gasteiger partial charge in [0, 0.05) is 15.7 Å². The number of carbonyl (C=O) groups is 2. The quantitative estimate of drug-likeness (QED) is 0.831. The molecular weight excluding hydrogens is 325 g/mol. The van der Waals surface area contributed by atoms with Crippen molar-refractivity contribution in [2.75, 3.05) is 11.9 Å². The highest BCUT2D eigenvalue weighted by atomic mass is 35.5. The normalized spacial score (nSPS) is 10.1. The molecule has 0 aliphatic carbocycles. The molecule has 0 aromatic heterocycles. The molecule has 0 unspecified atom stereocenters. The Bertz CT molecular complexity index is 699. The third-order valence-corrected chi connectivity index (χ3v) is 3.29. The Hall–Kier alpha value is -2.04. The molecule has 4 nitrogen and oxygen atoms in total. The zero-order valence-corrected chi connectivity index (χ0v) is 13.2. The lowest BCUT2D eigenvalue weighted by Gasteiger charge is -2.10. The summed E-state index contributed by atoms with van der Waals surface area (Å²) in [6, 6.07) is 11.4. The number of benzene rings is 2. The van der Waals surface area contributed by atoms with Gasteiger partial charge in [0.2, 0.25) is 0 Å². The second-order valence-electron chi connectivity index (χ2n) is 4.54. The summed E-state index contributed by atoms with van der Waals surface area (Å²) < 4.78 is 5.39. The summed E-state index contributed by atoms with van der Waals surface area (Å²) in [7, 11) is 0. The predicted octanol–water partition coefficient (Wildman–Crippen LogP) is 4.21. The lowest BCUT2D eigenvalue weighted by Crippen LogP contribution is -2.20. The molecule has 2 aromatic carbocycles. The van der Waals surface area contributed by atoms with Gasteiger partial charge in [0.1, 0.15) is 5.75 Å². The Morgan fingerprint density at radius 2 is 1.68 bits per heavy atom. The van der Waals surface area contributed by atoms with Crippen LogP contribution in [0.5, 0.6) is 5.75 Å². The minimum Gasteiger partial charge on any atom is -0.483 e.